The highest BCUT2D eigenvalue weighted by molar-refractivity contribution is 6.30. The Morgan fingerprint density at radius 1 is 1.47 bits per heavy atom. The van der Waals surface area contributed by atoms with Crippen molar-refractivity contribution in [1.82, 2.24) is 4.98 Å². The monoisotopic (exact) mass is 236 g/mol. The maximum absolute atomic E-state index is 12.4. The molecule has 1 aliphatic rings. The van der Waals surface area contributed by atoms with Crippen LogP contribution in [-0.4, -0.2) is 11.0 Å². The van der Waals surface area contributed by atoms with E-state index < -0.39 is 11.7 Å². The van der Waals surface area contributed by atoms with Gasteiger partial charge in [-0.15, -0.1) is 0 Å². The van der Waals surface area contributed by atoms with Gasteiger partial charge in [-0.2, -0.15) is 13.2 Å². The van der Waals surface area contributed by atoms with E-state index in [1.807, 2.05) is 0 Å². The van der Waals surface area contributed by atoms with Crippen LogP contribution in [0.4, 0.5) is 13.2 Å². The Bertz CT molecular complexity index is 391. The van der Waals surface area contributed by atoms with E-state index in [1.165, 1.54) is 0 Å². The third kappa shape index (κ3) is 2.08. The van der Waals surface area contributed by atoms with Crippen LogP contribution in [0.2, 0.25) is 5.15 Å². The van der Waals surface area contributed by atoms with Crippen molar-refractivity contribution >= 4 is 11.6 Å². The lowest BCUT2D eigenvalue weighted by molar-refractivity contribution is -0.137. The summed E-state index contributed by atoms with van der Waals surface area (Å²) in [5, 5.41) is 0.112. The van der Waals surface area contributed by atoms with E-state index >= 15 is 0 Å². The van der Waals surface area contributed by atoms with Gasteiger partial charge >= 0.3 is 6.18 Å². The summed E-state index contributed by atoms with van der Waals surface area (Å²) >= 11 is 5.71. The van der Waals surface area contributed by atoms with Crippen molar-refractivity contribution < 1.29 is 13.2 Å². The molecule has 0 aliphatic heterocycles. The van der Waals surface area contributed by atoms with E-state index in [9.17, 15) is 13.2 Å². The van der Waals surface area contributed by atoms with Crippen molar-refractivity contribution in [2.75, 3.05) is 0 Å². The molecule has 2 rings (SSSR count). The number of halogens is 4. The fraction of sp³-hybridized carbons (Fsp3) is 0.444. The Balaban J connectivity index is 2.38. The molecule has 2 atom stereocenters. The SMILES string of the molecule is N[C@@H]1C[C@H]1c1cc(C(F)(F)F)cnc1Cl. The van der Waals surface area contributed by atoms with Gasteiger partial charge in [-0.1, -0.05) is 11.6 Å². The molecule has 1 saturated carbocycles. The van der Waals surface area contributed by atoms with Gasteiger partial charge in [-0.3, -0.25) is 0 Å². The number of alkyl halides is 3. The Labute approximate surface area is 89.2 Å². The number of nitrogens with zero attached hydrogens (tertiary/aromatic N) is 1. The predicted octanol–water partition coefficient (Wildman–Crippen LogP) is 2.57. The van der Waals surface area contributed by atoms with Gasteiger partial charge < -0.3 is 5.73 Å². The van der Waals surface area contributed by atoms with E-state index in [4.69, 9.17) is 17.3 Å². The van der Waals surface area contributed by atoms with Crippen LogP contribution in [0.3, 0.4) is 0 Å². The molecule has 6 heteroatoms. The second-order valence-corrected chi connectivity index (χ2v) is 3.97. The molecule has 1 heterocycles. The van der Waals surface area contributed by atoms with Crippen LogP contribution in [0.25, 0.3) is 0 Å². The zero-order valence-electron chi connectivity index (χ0n) is 7.55. The van der Waals surface area contributed by atoms with E-state index in [2.05, 4.69) is 4.98 Å². The Morgan fingerprint density at radius 3 is 2.53 bits per heavy atom. The summed E-state index contributed by atoms with van der Waals surface area (Å²) in [5.41, 5.74) is 5.18. The smallest absolute Gasteiger partial charge is 0.327 e. The molecule has 0 aromatic carbocycles. The molecule has 0 saturated heterocycles. The van der Waals surface area contributed by atoms with Gasteiger partial charge in [0.05, 0.1) is 5.56 Å². The molecule has 2 nitrogen and oxygen atoms in total. The summed E-state index contributed by atoms with van der Waals surface area (Å²) in [6.07, 6.45) is -2.98. The van der Waals surface area contributed by atoms with Crippen molar-refractivity contribution in [3.05, 3.63) is 28.5 Å². The lowest BCUT2D eigenvalue weighted by atomic mass is 10.1. The molecule has 1 aromatic rings. The quantitative estimate of drug-likeness (QED) is 0.761. The minimum absolute atomic E-state index is 0.0766. The second kappa shape index (κ2) is 3.35. The molecule has 0 radical (unpaired) electrons. The molecule has 0 spiro atoms. The van der Waals surface area contributed by atoms with Crippen molar-refractivity contribution in [3.63, 3.8) is 0 Å². The Kier molecular flexibility index (Phi) is 2.39. The van der Waals surface area contributed by atoms with Crippen LogP contribution in [0, 0.1) is 0 Å². The summed E-state index contributed by atoms with van der Waals surface area (Å²) < 4.78 is 37.1. The molecule has 0 bridgehead atoms. The van der Waals surface area contributed by atoms with Gasteiger partial charge in [-0.05, 0) is 18.1 Å². The van der Waals surface area contributed by atoms with Crippen LogP contribution in [0.15, 0.2) is 12.3 Å². The molecule has 1 aliphatic carbocycles. The van der Waals surface area contributed by atoms with Gasteiger partial charge in [-0.25, -0.2) is 4.98 Å². The fourth-order valence-corrected chi connectivity index (χ4v) is 1.70. The highest BCUT2D eigenvalue weighted by Gasteiger charge is 2.39. The van der Waals surface area contributed by atoms with Gasteiger partial charge in [0.15, 0.2) is 0 Å². The van der Waals surface area contributed by atoms with Crippen molar-refractivity contribution in [3.8, 4) is 0 Å². The summed E-state index contributed by atoms with van der Waals surface area (Å²) in [6.45, 7) is 0. The van der Waals surface area contributed by atoms with Crippen LogP contribution in [0.5, 0.6) is 0 Å². The molecular formula is C9H8ClF3N2. The van der Waals surface area contributed by atoms with Crippen LogP contribution < -0.4 is 5.73 Å². The van der Waals surface area contributed by atoms with Gasteiger partial charge in [0.25, 0.3) is 0 Å². The average Bonchev–Trinajstić information content (AvgIpc) is 2.81. The topological polar surface area (TPSA) is 38.9 Å². The maximum atomic E-state index is 12.4. The summed E-state index contributed by atoms with van der Waals surface area (Å²) in [5.74, 6) is -0.0766. The van der Waals surface area contributed by atoms with Crippen molar-refractivity contribution in [2.24, 2.45) is 5.73 Å². The fourth-order valence-electron chi connectivity index (χ4n) is 1.45. The zero-order chi connectivity index (χ0) is 11.2. The number of aromatic nitrogens is 1. The number of nitrogens with two attached hydrogens (primary N) is 1. The highest BCUT2D eigenvalue weighted by atomic mass is 35.5. The number of pyridine rings is 1. The van der Waals surface area contributed by atoms with Gasteiger partial charge in [0, 0.05) is 18.2 Å². The molecule has 0 unspecified atom stereocenters. The third-order valence-corrected chi connectivity index (χ3v) is 2.75. The van der Waals surface area contributed by atoms with Gasteiger partial charge in [0.1, 0.15) is 5.15 Å². The molecule has 82 valence electrons. The van der Waals surface area contributed by atoms with Crippen LogP contribution in [0.1, 0.15) is 23.5 Å². The molecular weight excluding hydrogens is 229 g/mol. The Hall–Kier alpha value is -0.810. The average molecular weight is 237 g/mol. The van der Waals surface area contributed by atoms with Crippen LogP contribution in [-0.2, 0) is 6.18 Å². The number of hydrogen-bond donors (Lipinski definition) is 1. The summed E-state index contributed by atoms with van der Waals surface area (Å²) in [4.78, 5) is 3.53. The third-order valence-electron chi connectivity index (χ3n) is 2.43. The number of hydrogen-bond acceptors (Lipinski definition) is 2. The van der Waals surface area contributed by atoms with E-state index in [0.717, 1.165) is 12.3 Å². The Morgan fingerprint density at radius 2 is 2.07 bits per heavy atom. The molecule has 15 heavy (non-hydrogen) atoms. The van der Waals surface area contributed by atoms with Crippen molar-refractivity contribution in [1.29, 1.82) is 0 Å². The lowest BCUT2D eigenvalue weighted by Gasteiger charge is -2.09. The first-order valence-electron chi connectivity index (χ1n) is 4.38. The normalized spacial score (nSPS) is 25.4. The van der Waals surface area contributed by atoms with E-state index in [0.29, 0.717) is 12.0 Å². The first-order valence-corrected chi connectivity index (χ1v) is 4.75. The van der Waals surface area contributed by atoms with E-state index in [-0.39, 0.29) is 17.1 Å². The second-order valence-electron chi connectivity index (χ2n) is 3.61. The first kappa shape index (κ1) is 10.7. The molecule has 2 N–H and O–H groups in total. The maximum Gasteiger partial charge on any atom is 0.417 e. The van der Waals surface area contributed by atoms with Gasteiger partial charge in [0.2, 0.25) is 0 Å². The zero-order valence-corrected chi connectivity index (χ0v) is 8.31. The number of rotatable bonds is 1. The first-order chi connectivity index (χ1) is 6.89. The summed E-state index contributed by atoms with van der Waals surface area (Å²) in [7, 11) is 0. The highest BCUT2D eigenvalue weighted by Crippen LogP contribution is 2.43. The molecule has 1 aromatic heterocycles. The minimum atomic E-state index is -4.38. The predicted molar refractivity (Wildman–Crippen MR) is 49.6 cm³/mol. The van der Waals surface area contributed by atoms with Crippen molar-refractivity contribution in [2.45, 2.75) is 24.6 Å². The standard InChI is InChI=1S/C9H8ClF3N2/c10-8-6(5-2-7(5)14)1-4(3-15-8)9(11,12)13/h1,3,5,7H,2,14H2/t5-,7+/m0/s1. The van der Waals surface area contributed by atoms with Crippen LogP contribution >= 0.6 is 11.6 Å². The largest absolute Gasteiger partial charge is 0.417 e. The lowest BCUT2D eigenvalue weighted by Crippen LogP contribution is -2.08. The minimum Gasteiger partial charge on any atom is -0.327 e. The molecule has 0 amide bonds. The van der Waals surface area contributed by atoms with E-state index in [1.54, 1.807) is 0 Å². The molecule has 1 fully saturated rings. The summed E-state index contributed by atoms with van der Waals surface area (Å²) in [6, 6.07) is 0.945.